The second-order valence-corrected chi connectivity index (χ2v) is 5.99. The Balaban J connectivity index is 1.64. The van der Waals surface area contributed by atoms with Gasteiger partial charge in [0, 0.05) is 31.5 Å². The van der Waals surface area contributed by atoms with Gasteiger partial charge in [-0.25, -0.2) is 0 Å². The SMILES string of the molecule is CC(=O)N(C)c1ccc(NC(=O)c2cnn(Cc3ccccc3)c2)cc1. The van der Waals surface area contributed by atoms with E-state index in [0.29, 0.717) is 17.8 Å². The van der Waals surface area contributed by atoms with Crippen molar-refractivity contribution in [1.82, 2.24) is 9.78 Å². The molecule has 0 bridgehead atoms. The van der Waals surface area contributed by atoms with Crippen molar-refractivity contribution in [2.24, 2.45) is 0 Å². The van der Waals surface area contributed by atoms with Gasteiger partial charge >= 0.3 is 0 Å². The minimum absolute atomic E-state index is 0.0485. The number of nitrogens with zero attached hydrogens (tertiary/aromatic N) is 3. The summed E-state index contributed by atoms with van der Waals surface area (Å²) in [6.07, 6.45) is 3.27. The Kier molecular flexibility index (Phi) is 5.12. The molecule has 0 aliphatic carbocycles. The summed E-state index contributed by atoms with van der Waals surface area (Å²) >= 11 is 0. The van der Waals surface area contributed by atoms with Crippen LogP contribution < -0.4 is 10.2 Å². The molecular weight excluding hydrogens is 328 g/mol. The molecule has 1 aromatic heterocycles. The summed E-state index contributed by atoms with van der Waals surface area (Å²) in [5.74, 6) is -0.274. The predicted molar refractivity (Wildman–Crippen MR) is 101 cm³/mol. The molecule has 6 heteroatoms. The van der Waals surface area contributed by atoms with Crippen LogP contribution in [0.4, 0.5) is 11.4 Å². The van der Waals surface area contributed by atoms with Crippen molar-refractivity contribution in [2.45, 2.75) is 13.5 Å². The fourth-order valence-corrected chi connectivity index (χ4v) is 2.49. The number of rotatable bonds is 5. The number of amides is 2. The van der Waals surface area contributed by atoms with E-state index in [-0.39, 0.29) is 11.8 Å². The molecular formula is C20H20N4O2. The van der Waals surface area contributed by atoms with E-state index in [9.17, 15) is 9.59 Å². The molecule has 1 heterocycles. The first kappa shape index (κ1) is 17.4. The molecule has 2 amide bonds. The maximum Gasteiger partial charge on any atom is 0.258 e. The average Bonchev–Trinajstić information content (AvgIpc) is 3.11. The minimum Gasteiger partial charge on any atom is -0.322 e. The zero-order valence-corrected chi connectivity index (χ0v) is 14.7. The zero-order valence-electron chi connectivity index (χ0n) is 14.7. The van der Waals surface area contributed by atoms with Crippen molar-refractivity contribution in [1.29, 1.82) is 0 Å². The first-order chi connectivity index (χ1) is 12.5. The lowest BCUT2D eigenvalue weighted by atomic mass is 10.2. The quantitative estimate of drug-likeness (QED) is 0.770. The third kappa shape index (κ3) is 4.16. The molecule has 1 N–H and O–H groups in total. The zero-order chi connectivity index (χ0) is 18.5. The molecule has 0 fully saturated rings. The van der Waals surface area contributed by atoms with Gasteiger partial charge in [0.05, 0.1) is 18.3 Å². The molecule has 0 aliphatic heterocycles. The lowest BCUT2D eigenvalue weighted by Crippen LogP contribution is -2.22. The molecule has 26 heavy (non-hydrogen) atoms. The van der Waals surface area contributed by atoms with Crippen molar-refractivity contribution >= 4 is 23.2 Å². The second kappa shape index (κ2) is 7.65. The maximum atomic E-state index is 12.4. The van der Waals surface area contributed by atoms with Crippen molar-refractivity contribution in [3.05, 3.63) is 78.1 Å². The molecule has 2 aromatic carbocycles. The van der Waals surface area contributed by atoms with Crippen LogP contribution in [-0.4, -0.2) is 28.6 Å². The van der Waals surface area contributed by atoms with E-state index < -0.39 is 0 Å². The highest BCUT2D eigenvalue weighted by molar-refractivity contribution is 6.04. The third-order valence-corrected chi connectivity index (χ3v) is 4.07. The largest absolute Gasteiger partial charge is 0.322 e. The number of benzene rings is 2. The maximum absolute atomic E-state index is 12.4. The molecule has 0 unspecified atom stereocenters. The Morgan fingerprint density at radius 1 is 1.08 bits per heavy atom. The summed E-state index contributed by atoms with van der Waals surface area (Å²) in [7, 11) is 1.71. The van der Waals surface area contributed by atoms with Crippen LogP contribution in [0.2, 0.25) is 0 Å². The first-order valence-corrected chi connectivity index (χ1v) is 8.25. The smallest absolute Gasteiger partial charge is 0.258 e. The molecule has 0 saturated heterocycles. The van der Waals surface area contributed by atoms with E-state index in [4.69, 9.17) is 0 Å². The standard InChI is InChI=1S/C20H20N4O2/c1-15(25)23(2)19-10-8-18(9-11-19)22-20(26)17-12-21-24(14-17)13-16-6-4-3-5-7-16/h3-12,14H,13H2,1-2H3,(H,22,26). The van der Waals surface area contributed by atoms with Gasteiger partial charge in [-0.05, 0) is 29.8 Å². The fraction of sp³-hybridized carbons (Fsp3) is 0.150. The van der Waals surface area contributed by atoms with Crippen LogP contribution in [0.5, 0.6) is 0 Å². The lowest BCUT2D eigenvalue weighted by molar-refractivity contribution is -0.116. The molecule has 0 aliphatic rings. The summed E-state index contributed by atoms with van der Waals surface area (Å²) < 4.78 is 1.73. The number of hydrogen-bond acceptors (Lipinski definition) is 3. The second-order valence-electron chi connectivity index (χ2n) is 5.99. The summed E-state index contributed by atoms with van der Waals surface area (Å²) in [5.41, 5.74) is 3.04. The normalized spacial score (nSPS) is 10.4. The van der Waals surface area contributed by atoms with Crippen LogP contribution in [-0.2, 0) is 11.3 Å². The van der Waals surface area contributed by atoms with Crippen molar-refractivity contribution in [3.63, 3.8) is 0 Å². The van der Waals surface area contributed by atoms with Gasteiger partial charge in [0.2, 0.25) is 5.91 Å². The van der Waals surface area contributed by atoms with Crippen molar-refractivity contribution in [2.75, 3.05) is 17.3 Å². The molecule has 132 valence electrons. The van der Waals surface area contributed by atoms with Crippen molar-refractivity contribution < 1.29 is 9.59 Å². The number of anilines is 2. The summed E-state index contributed by atoms with van der Waals surface area (Å²) in [4.78, 5) is 25.3. The highest BCUT2D eigenvalue weighted by atomic mass is 16.2. The Labute approximate surface area is 152 Å². The fourth-order valence-electron chi connectivity index (χ4n) is 2.49. The molecule has 3 aromatic rings. The highest BCUT2D eigenvalue weighted by Gasteiger charge is 2.10. The first-order valence-electron chi connectivity index (χ1n) is 8.25. The Morgan fingerprint density at radius 3 is 2.42 bits per heavy atom. The predicted octanol–water partition coefficient (Wildman–Crippen LogP) is 3.17. The number of aromatic nitrogens is 2. The molecule has 0 radical (unpaired) electrons. The van der Waals surface area contributed by atoms with Gasteiger partial charge in [-0.2, -0.15) is 5.10 Å². The molecule has 6 nitrogen and oxygen atoms in total. The van der Waals surface area contributed by atoms with E-state index in [1.807, 2.05) is 30.3 Å². The van der Waals surface area contributed by atoms with Crippen LogP contribution in [0.15, 0.2) is 67.0 Å². The Morgan fingerprint density at radius 2 is 1.77 bits per heavy atom. The van der Waals surface area contributed by atoms with Crippen LogP contribution in [0.1, 0.15) is 22.8 Å². The summed E-state index contributed by atoms with van der Waals surface area (Å²) in [5, 5.41) is 7.08. The van der Waals surface area contributed by atoms with Crippen molar-refractivity contribution in [3.8, 4) is 0 Å². The van der Waals surface area contributed by atoms with Gasteiger partial charge in [-0.3, -0.25) is 14.3 Å². The van der Waals surface area contributed by atoms with Gasteiger partial charge in [0.25, 0.3) is 5.91 Å². The van der Waals surface area contributed by atoms with E-state index in [2.05, 4.69) is 10.4 Å². The summed E-state index contributed by atoms with van der Waals surface area (Å²) in [6, 6.07) is 17.0. The van der Waals surface area contributed by atoms with Gasteiger partial charge < -0.3 is 10.2 Å². The number of carbonyl (C=O) groups is 2. The Bertz CT molecular complexity index is 901. The third-order valence-electron chi connectivity index (χ3n) is 4.07. The molecule has 0 saturated carbocycles. The van der Waals surface area contributed by atoms with Gasteiger partial charge in [-0.15, -0.1) is 0 Å². The van der Waals surface area contributed by atoms with Crippen LogP contribution in [0, 0.1) is 0 Å². The molecule has 3 rings (SSSR count). The van der Waals surface area contributed by atoms with E-state index in [1.54, 1.807) is 53.3 Å². The molecule has 0 spiro atoms. The van der Waals surface area contributed by atoms with Crippen LogP contribution in [0.25, 0.3) is 0 Å². The van der Waals surface area contributed by atoms with Crippen LogP contribution >= 0.6 is 0 Å². The molecule has 0 atom stereocenters. The lowest BCUT2D eigenvalue weighted by Gasteiger charge is -2.15. The Hall–Kier alpha value is -3.41. The topological polar surface area (TPSA) is 67.2 Å². The number of carbonyl (C=O) groups excluding carboxylic acids is 2. The van der Waals surface area contributed by atoms with E-state index in [1.165, 1.54) is 6.92 Å². The van der Waals surface area contributed by atoms with Gasteiger partial charge in [0.1, 0.15) is 0 Å². The summed E-state index contributed by atoms with van der Waals surface area (Å²) in [6.45, 7) is 2.11. The minimum atomic E-state index is -0.225. The van der Waals surface area contributed by atoms with Gasteiger partial charge in [-0.1, -0.05) is 30.3 Å². The average molecular weight is 348 g/mol. The van der Waals surface area contributed by atoms with Gasteiger partial charge in [0.15, 0.2) is 0 Å². The number of hydrogen-bond donors (Lipinski definition) is 1. The van der Waals surface area contributed by atoms with E-state index >= 15 is 0 Å². The van der Waals surface area contributed by atoms with E-state index in [0.717, 1.165) is 11.3 Å². The monoisotopic (exact) mass is 348 g/mol. The highest BCUT2D eigenvalue weighted by Crippen LogP contribution is 2.17. The number of nitrogens with one attached hydrogen (secondary N) is 1. The van der Waals surface area contributed by atoms with Crippen LogP contribution in [0.3, 0.4) is 0 Å².